The summed E-state index contributed by atoms with van der Waals surface area (Å²) in [6.45, 7) is 2.77. The fourth-order valence-electron chi connectivity index (χ4n) is 3.34. The highest BCUT2D eigenvalue weighted by molar-refractivity contribution is 6.35. The van der Waals surface area contributed by atoms with Crippen molar-refractivity contribution >= 4 is 40.1 Å². The van der Waals surface area contributed by atoms with Crippen LogP contribution in [0.2, 0.25) is 10.0 Å². The molecule has 0 aliphatic rings. The van der Waals surface area contributed by atoms with Gasteiger partial charge in [-0.2, -0.15) is 0 Å². The van der Waals surface area contributed by atoms with E-state index in [1.54, 1.807) is 6.07 Å². The third kappa shape index (κ3) is 4.14. The number of rotatable bonds is 5. The van der Waals surface area contributed by atoms with E-state index in [2.05, 4.69) is 9.88 Å². The molecule has 6 heteroatoms. The fourth-order valence-corrected chi connectivity index (χ4v) is 3.81. The minimum Gasteiger partial charge on any atom is -0.345 e. The second kappa shape index (κ2) is 8.27. The van der Waals surface area contributed by atoms with E-state index < -0.39 is 0 Å². The van der Waals surface area contributed by atoms with Crippen LogP contribution in [0.15, 0.2) is 66.7 Å². The first-order valence-electron chi connectivity index (χ1n) is 9.25. The van der Waals surface area contributed by atoms with Crippen LogP contribution >= 0.6 is 23.2 Å². The number of amides is 1. The maximum atomic E-state index is 12.6. The lowest BCUT2D eigenvalue weighted by Gasteiger charge is -2.12. The molecule has 1 aromatic heterocycles. The lowest BCUT2D eigenvalue weighted by molar-refractivity contribution is 0.0949. The molecule has 0 aliphatic heterocycles. The van der Waals surface area contributed by atoms with Crippen molar-refractivity contribution in [2.24, 2.45) is 0 Å². The van der Waals surface area contributed by atoms with E-state index in [4.69, 9.17) is 28.2 Å². The number of carbonyl (C=O) groups is 1. The monoisotopic (exact) mass is 423 g/mol. The zero-order valence-corrected chi connectivity index (χ0v) is 17.3. The van der Waals surface area contributed by atoms with Crippen LogP contribution in [0.5, 0.6) is 0 Å². The molecule has 1 heterocycles. The van der Waals surface area contributed by atoms with Gasteiger partial charge in [0.15, 0.2) is 0 Å². The number of fused-ring (bicyclic) bond motifs is 1. The van der Waals surface area contributed by atoms with Crippen molar-refractivity contribution in [3.05, 3.63) is 99.3 Å². The highest BCUT2D eigenvalue weighted by Gasteiger charge is 2.14. The minimum absolute atomic E-state index is 0.119. The number of para-hydroxylation sites is 2. The summed E-state index contributed by atoms with van der Waals surface area (Å²) in [4.78, 5) is 17.4. The number of hydrogen-bond acceptors (Lipinski definition) is 2. The highest BCUT2D eigenvalue weighted by atomic mass is 35.5. The molecule has 0 saturated heterocycles. The number of nitrogens with one attached hydrogen (secondary N) is 1. The average molecular weight is 424 g/mol. The van der Waals surface area contributed by atoms with E-state index in [9.17, 15) is 4.79 Å². The molecule has 0 bridgehead atoms. The van der Waals surface area contributed by atoms with Crippen molar-refractivity contribution in [2.45, 2.75) is 20.0 Å². The summed E-state index contributed by atoms with van der Waals surface area (Å²) in [6.07, 6.45) is 0. The summed E-state index contributed by atoms with van der Waals surface area (Å²) >= 11 is 12.4. The van der Waals surface area contributed by atoms with Crippen LogP contribution in [0.1, 0.15) is 27.3 Å². The lowest BCUT2D eigenvalue weighted by Crippen LogP contribution is -2.25. The van der Waals surface area contributed by atoms with E-state index in [1.807, 2.05) is 67.6 Å². The molecule has 0 unspecified atom stereocenters. The molecular formula is C23H19Cl2N3O. The summed E-state index contributed by atoms with van der Waals surface area (Å²) < 4.78 is 2.07. The van der Waals surface area contributed by atoms with Gasteiger partial charge in [-0.15, -0.1) is 0 Å². The Hall–Kier alpha value is -2.82. The largest absolute Gasteiger partial charge is 0.345 e. The SMILES string of the molecule is Cc1ccccc1C(=O)NCc1nc2ccccc2n1Cc1ccc(Cl)cc1Cl. The van der Waals surface area contributed by atoms with E-state index >= 15 is 0 Å². The Morgan fingerprint density at radius 1 is 1.03 bits per heavy atom. The summed E-state index contributed by atoms with van der Waals surface area (Å²) in [5.41, 5.74) is 4.39. The van der Waals surface area contributed by atoms with E-state index in [-0.39, 0.29) is 5.91 Å². The van der Waals surface area contributed by atoms with Crippen LogP contribution < -0.4 is 5.32 Å². The van der Waals surface area contributed by atoms with E-state index in [0.29, 0.717) is 28.7 Å². The van der Waals surface area contributed by atoms with E-state index in [0.717, 1.165) is 28.0 Å². The molecule has 0 spiro atoms. The average Bonchev–Trinajstić information content (AvgIpc) is 3.06. The molecule has 1 N–H and O–H groups in total. The van der Waals surface area contributed by atoms with Crippen LogP contribution in [-0.2, 0) is 13.1 Å². The number of benzene rings is 3. The van der Waals surface area contributed by atoms with Gasteiger partial charge < -0.3 is 9.88 Å². The Balaban J connectivity index is 1.64. The standard InChI is InChI=1S/C23H19Cl2N3O/c1-15-6-2-3-7-18(15)23(29)26-13-22-27-20-8-4-5-9-21(20)28(22)14-16-10-11-17(24)12-19(16)25/h2-12H,13-14H2,1H3,(H,26,29). The molecule has 146 valence electrons. The van der Waals surface area contributed by atoms with Crippen molar-refractivity contribution in [2.75, 3.05) is 0 Å². The van der Waals surface area contributed by atoms with Crippen molar-refractivity contribution in [3.8, 4) is 0 Å². The third-order valence-corrected chi connectivity index (χ3v) is 5.46. The van der Waals surface area contributed by atoms with Gasteiger partial charge in [-0.1, -0.05) is 59.6 Å². The first-order chi connectivity index (χ1) is 14.0. The van der Waals surface area contributed by atoms with E-state index in [1.165, 1.54) is 0 Å². The number of aryl methyl sites for hydroxylation is 1. The second-order valence-electron chi connectivity index (χ2n) is 6.84. The van der Waals surface area contributed by atoms with Gasteiger partial charge >= 0.3 is 0 Å². The quantitative estimate of drug-likeness (QED) is 0.451. The number of hydrogen-bond donors (Lipinski definition) is 1. The van der Waals surface area contributed by atoms with Gasteiger partial charge in [-0.25, -0.2) is 4.98 Å². The topological polar surface area (TPSA) is 46.9 Å². The lowest BCUT2D eigenvalue weighted by atomic mass is 10.1. The first kappa shape index (κ1) is 19.5. The summed E-state index contributed by atoms with van der Waals surface area (Å²) in [6, 6.07) is 20.9. The van der Waals surface area contributed by atoms with Crippen molar-refractivity contribution in [3.63, 3.8) is 0 Å². The van der Waals surface area contributed by atoms with Crippen molar-refractivity contribution in [1.29, 1.82) is 0 Å². The van der Waals surface area contributed by atoms with Crippen LogP contribution in [0.3, 0.4) is 0 Å². The molecule has 0 aliphatic carbocycles. The Kier molecular flexibility index (Phi) is 5.56. The van der Waals surface area contributed by atoms with Crippen molar-refractivity contribution in [1.82, 2.24) is 14.9 Å². The summed E-state index contributed by atoms with van der Waals surface area (Å²) in [7, 11) is 0. The van der Waals surface area contributed by atoms with Gasteiger partial charge in [0.1, 0.15) is 5.82 Å². The Morgan fingerprint density at radius 3 is 2.59 bits per heavy atom. The predicted molar refractivity (Wildman–Crippen MR) is 118 cm³/mol. The molecule has 0 atom stereocenters. The summed E-state index contributed by atoms with van der Waals surface area (Å²) in [5.74, 6) is 0.644. The van der Waals surface area contributed by atoms with Gasteiger partial charge in [0.25, 0.3) is 5.91 Å². The zero-order valence-electron chi connectivity index (χ0n) is 15.8. The van der Waals surface area contributed by atoms with Crippen molar-refractivity contribution < 1.29 is 4.79 Å². The third-order valence-electron chi connectivity index (χ3n) is 4.87. The van der Waals surface area contributed by atoms with Gasteiger partial charge in [-0.3, -0.25) is 4.79 Å². The zero-order chi connectivity index (χ0) is 20.4. The maximum absolute atomic E-state index is 12.6. The Bertz CT molecular complexity index is 1200. The van der Waals surface area contributed by atoms with Crippen LogP contribution in [0, 0.1) is 6.92 Å². The molecule has 0 radical (unpaired) electrons. The van der Waals surface area contributed by atoms with Gasteiger partial charge in [0.2, 0.25) is 0 Å². The van der Waals surface area contributed by atoms with Crippen LogP contribution in [-0.4, -0.2) is 15.5 Å². The number of halogens is 2. The number of nitrogens with zero attached hydrogens (tertiary/aromatic N) is 2. The Morgan fingerprint density at radius 2 is 1.79 bits per heavy atom. The fraction of sp³-hybridized carbons (Fsp3) is 0.130. The van der Waals surface area contributed by atoms with Gasteiger partial charge in [-0.05, 0) is 48.4 Å². The second-order valence-corrected chi connectivity index (χ2v) is 7.68. The number of aromatic nitrogens is 2. The minimum atomic E-state index is -0.119. The van der Waals surface area contributed by atoms with Crippen LogP contribution in [0.4, 0.5) is 0 Å². The van der Waals surface area contributed by atoms with Gasteiger partial charge in [0, 0.05) is 15.6 Å². The normalized spacial score (nSPS) is 11.0. The molecule has 3 aromatic carbocycles. The molecule has 4 aromatic rings. The molecule has 4 rings (SSSR count). The maximum Gasteiger partial charge on any atom is 0.251 e. The number of imidazole rings is 1. The predicted octanol–water partition coefficient (Wildman–Crippen LogP) is 5.63. The summed E-state index contributed by atoms with van der Waals surface area (Å²) in [5, 5.41) is 4.19. The molecule has 1 amide bonds. The molecule has 29 heavy (non-hydrogen) atoms. The molecule has 4 nitrogen and oxygen atoms in total. The molecule has 0 saturated carbocycles. The first-order valence-corrected chi connectivity index (χ1v) is 10.0. The highest BCUT2D eigenvalue weighted by Crippen LogP contribution is 2.24. The smallest absolute Gasteiger partial charge is 0.251 e. The molecule has 0 fully saturated rings. The molecular weight excluding hydrogens is 405 g/mol. The number of carbonyl (C=O) groups excluding carboxylic acids is 1. The van der Waals surface area contributed by atoms with Crippen LogP contribution in [0.25, 0.3) is 11.0 Å². The van der Waals surface area contributed by atoms with Gasteiger partial charge in [0.05, 0.1) is 24.1 Å². The Labute approximate surface area is 179 Å².